The predicted octanol–water partition coefficient (Wildman–Crippen LogP) is 9.15. The van der Waals surface area contributed by atoms with Gasteiger partial charge in [0, 0.05) is 11.1 Å². The first kappa shape index (κ1) is 26.1. The van der Waals surface area contributed by atoms with Crippen molar-refractivity contribution in [2.45, 2.75) is 39.5 Å². The molecule has 0 saturated carbocycles. The number of hydrogen-bond acceptors (Lipinski definition) is 1. The quantitative estimate of drug-likeness (QED) is 0.174. The molecule has 0 spiro atoms. The van der Waals surface area contributed by atoms with E-state index in [1.165, 1.54) is 6.07 Å². The Hall–Kier alpha value is -3.48. The molecule has 0 amide bonds. The number of aryl methyl sites for hydroxylation is 2. The summed E-state index contributed by atoms with van der Waals surface area (Å²) in [7, 11) is 0. The second kappa shape index (κ2) is 10.8. The highest BCUT2D eigenvalue weighted by atomic mass is 19.4. The van der Waals surface area contributed by atoms with Crippen LogP contribution in [0.4, 0.5) is 26.3 Å². The second-order valence-corrected chi connectivity index (χ2v) is 8.10. The Bertz CT molecular complexity index is 1240. The van der Waals surface area contributed by atoms with Crippen molar-refractivity contribution < 1.29 is 31.1 Å². The fourth-order valence-electron chi connectivity index (χ4n) is 3.76. The molecule has 3 aromatic carbocycles. The molecule has 0 aliphatic carbocycles. The molecule has 0 atom stereocenters. The van der Waals surface area contributed by atoms with Crippen LogP contribution in [0.2, 0.25) is 0 Å². The van der Waals surface area contributed by atoms with Crippen molar-refractivity contribution in [3.63, 3.8) is 0 Å². The van der Waals surface area contributed by atoms with Crippen LogP contribution in [0.15, 0.2) is 67.3 Å². The zero-order chi connectivity index (χ0) is 25.8. The SMILES string of the molecule is C=CCc1cc(-c2ccc(C)cc2)ccc1/C(F)=C(\F)c1cc(F)c(OC(F)(F)F)c(CCC)c1. The first-order valence-corrected chi connectivity index (χ1v) is 11.0. The van der Waals surface area contributed by atoms with Crippen LogP contribution in [0.5, 0.6) is 5.75 Å². The van der Waals surface area contributed by atoms with Crippen LogP contribution < -0.4 is 4.74 Å². The third-order valence-electron chi connectivity index (χ3n) is 5.39. The number of alkyl halides is 3. The molecule has 0 unspecified atom stereocenters. The second-order valence-electron chi connectivity index (χ2n) is 8.10. The molecule has 35 heavy (non-hydrogen) atoms. The molecular weight excluding hydrogens is 466 g/mol. The van der Waals surface area contributed by atoms with E-state index < -0.39 is 35.1 Å². The lowest BCUT2D eigenvalue weighted by molar-refractivity contribution is -0.275. The van der Waals surface area contributed by atoms with Crippen LogP contribution >= 0.6 is 0 Å². The van der Waals surface area contributed by atoms with E-state index in [2.05, 4.69) is 11.3 Å². The van der Waals surface area contributed by atoms with E-state index in [-0.39, 0.29) is 24.0 Å². The van der Waals surface area contributed by atoms with E-state index in [1.807, 2.05) is 31.2 Å². The van der Waals surface area contributed by atoms with E-state index in [0.717, 1.165) is 22.8 Å². The molecule has 3 rings (SSSR count). The van der Waals surface area contributed by atoms with E-state index >= 15 is 8.78 Å². The van der Waals surface area contributed by atoms with Gasteiger partial charge in [-0.3, -0.25) is 0 Å². The standard InChI is InChI=1S/C28H24F6O/c1-4-6-20-14-19(18-10-8-17(3)9-11-18)12-13-23(20)26(31)25(30)22-15-21(7-5-2)27(24(29)16-22)35-28(32,33)34/h4,8-16H,1,5-7H2,2-3H3/b26-25+. The van der Waals surface area contributed by atoms with Gasteiger partial charge >= 0.3 is 6.36 Å². The highest BCUT2D eigenvalue weighted by Gasteiger charge is 2.34. The average Bonchev–Trinajstić information content (AvgIpc) is 2.80. The number of rotatable bonds is 8. The highest BCUT2D eigenvalue weighted by molar-refractivity contribution is 5.85. The third-order valence-corrected chi connectivity index (χ3v) is 5.39. The first-order chi connectivity index (χ1) is 16.5. The smallest absolute Gasteiger partial charge is 0.402 e. The Morgan fingerprint density at radius 2 is 1.57 bits per heavy atom. The summed E-state index contributed by atoms with van der Waals surface area (Å²) in [4.78, 5) is 0. The molecule has 0 aliphatic heterocycles. The van der Waals surface area contributed by atoms with Crippen molar-refractivity contribution >= 4 is 11.7 Å². The fourth-order valence-corrected chi connectivity index (χ4v) is 3.76. The van der Waals surface area contributed by atoms with Gasteiger partial charge in [0.05, 0.1) is 0 Å². The summed E-state index contributed by atoms with van der Waals surface area (Å²) in [5, 5.41) is 0. The molecule has 3 aromatic rings. The Morgan fingerprint density at radius 1 is 0.914 bits per heavy atom. The maximum Gasteiger partial charge on any atom is 0.573 e. The third kappa shape index (κ3) is 6.35. The van der Waals surface area contributed by atoms with Crippen molar-refractivity contribution in [3.8, 4) is 16.9 Å². The van der Waals surface area contributed by atoms with E-state index in [4.69, 9.17) is 0 Å². The van der Waals surface area contributed by atoms with Crippen LogP contribution in [-0.2, 0) is 12.8 Å². The lowest BCUT2D eigenvalue weighted by Crippen LogP contribution is -2.19. The Balaban J connectivity index is 2.09. The molecule has 7 heteroatoms. The van der Waals surface area contributed by atoms with Crippen molar-refractivity contribution in [2.24, 2.45) is 0 Å². The molecule has 0 fully saturated rings. The van der Waals surface area contributed by atoms with Gasteiger partial charge in [0.15, 0.2) is 23.2 Å². The molecule has 0 aromatic heterocycles. The summed E-state index contributed by atoms with van der Waals surface area (Å²) >= 11 is 0. The largest absolute Gasteiger partial charge is 0.573 e. The normalized spacial score (nSPS) is 12.3. The van der Waals surface area contributed by atoms with E-state index in [1.54, 1.807) is 25.1 Å². The van der Waals surface area contributed by atoms with Gasteiger partial charge < -0.3 is 4.74 Å². The van der Waals surface area contributed by atoms with Crippen LogP contribution in [0.1, 0.15) is 41.2 Å². The maximum atomic E-state index is 15.3. The summed E-state index contributed by atoms with van der Waals surface area (Å²) in [5.74, 6) is -5.09. The lowest BCUT2D eigenvalue weighted by atomic mass is 9.95. The minimum Gasteiger partial charge on any atom is -0.402 e. The molecule has 184 valence electrons. The molecule has 0 saturated heterocycles. The molecule has 0 aliphatic rings. The monoisotopic (exact) mass is 490 g/mol. The maximum absolute atomic E-state index is 15.3. The zero-order valence-corrected chi connectivity index (χ0v) is 19.3. The van der Waals surface area contributed by atoms with Crippen molar-refractivity contribution in [1.82, 2.24) is 0 Å². The first-order valence-electron chi connectivity index (χ1n) is 11.0. The number of halogens is 6. The van der Waals surface area contributed by atoms with Gasteiger partial charge in [0.25, 0.3) is 0 Å². The minimum absolute atomic E-state index is 0.0158. The van der Waals surface area contributed by atoms with Crippen LogP contribution in [0.25, 0.3) is 22.8 Å². The van der Waals surface area contributed by atoms with Gasteiger partial charge in [-0.2, -0.15) is 0 Å². The van der Waals surface area contributed by atoms with Gasteiger partial charge in [-0.1, -0.05) is 67.4 Å². The Labute approximate surface area is 200 Å². The van der Waals surface area contributed by atoms with E-state index in [0.29, 0.717) is 18.1 Å². The molecule has 0 heterocycles. The summed E-state index contributed by atoms with van der Waals surface area (Å²) < 4.78 is 87.0. The molecule has 0 radical (unpaired) electrons. The summed E-state index contributed by atoms with van der Waals surface area (Å²) in [6.07, 6.45) is -3.01. The van der Waals surface area contributed by atoms with E-state index in [9.17, 15) is 17.6 Å². The van der Waals surface area contributed by atoms with Gasteiger partial charge in [0.1, 0.15) is 0 Å². The highest BCUT2D eigenvalue weighted by Crippen LogP contribution is 2.37. The Kier molecular flexibility index (Phi) is 8.10. The van der Waals surface area contributed by atoms with Gasteiger partial charge in [0.2, 0.25) is 0 Å². The number of ether oxygens (including phenoxy) is 1. The van der Waals surface area contributed by atoms with Gasteiger partial charge in [-0.25, -0.2) is 13.2 Å². The van der Waals surface area contributed by atoms with Gasteiger partial charge in [-0.15, -0.1) is 19.8 Å². The predicted molar refractivity (Wildman–Crippen MR) is 127 cm³/mol. The summed E-state index contributed by atoms with van der Waals surface area (Å²) in [6, 6.07) is 14.0. The molecule has 0 bridgehead atoms. The van der Waals surface area contributed by atoms with Crippen LogP contribution in [0, 0.1) is 12.7 Å². The molecule has 0 N–H and O–H groups in total. The molecule has 1 nitrogen and oxygen atoms in total. The summed E-state index contributed by atoms with van der Waals surface area (Å²) in [6.45, 7) is 7.28. The van der Waals surface area contributed by atoms with Crippen molar-refractivity contribution in [1.29, 1.82) is 0 Å². The topological polar surface area (TPSA) is 9.23 Å². The number of allylic oxidation sites excluding steroid dienone is 1. The number of benzene rings is 3. The average molecular weight is 490 g/mol. The summed E-state index contributed by atoms with van der Waals surface area (Å²) in [5.41, 5.74) is 2.46. The van der Waals surface area contributed by atoms with Crippen molar-refractivity contribution in [2.75, 3.05) is 0 Å². The molecular formula is C28H24F6O. The minimum atomic E-state index is -5.12. The van der Waals surface area contributed by atoms with Gasteiger partial charge in [-0.05, 0) is 54.2 Å². The fraction of sp³-hybridized carbons (Fsp3) is 0.214. The number of hydrogen-bond donors (Lipinski definition) is 0. The Morgan fingerprint density at radius 3 is 2.17 bits per heavy atom. The lowest BCUT2D eigenvalue weighted by Gasteiger charge is -2.16. The van der Waals surface area contributed by atoms with Crippen LogP contribution in [0.3, 0.4) is 0 Å². The zero-order valence-electron chi connectivity index (χ0n) is 19.3. The van der Waals surface area contributed by atoms with Crippen LogP contribution in [-0.4, -0.2) is 6.36 Å². The van der Waals surface area contributed by atoms with Crippen molar-refractivity contribution in [3.05, 3.63) is 101 Å².